The predicted molar refractivity (Wildman–Crippen MR) is 204 cm³/mol. The van der Waals surface area contributed by atoms with Crippen LogP contribution in [-0.2, 0) is 17.4 Å². The van der Waals surface area contributed by atoms with Crippen molar-refractivity contribution in [2.45, 2.75) is 103 Å². The number of hydrogen-bond donors (Lipinski definition) is 0. The third kappa shape index (κ3) is 4.48. The summed E-state index contributed by atoms with van der Waals surface area (Å²) in [7, 11) is 0. The number of unbranched alkanes of at least 4 members (excludes halogenated alkanes) is 1. The molecule has 0 aliphatic carbocycles. The number of hydrogen-bond acceptors (Lipinski definition) is 4. The Bertz CT molecular complexity index is 2440. The molecule has 0 saturated heterocycles. The molecule has 50 heavy (non-hydrogen) atoms. The maximum atomic E-state index is 5.56. The zero-order chi connectivity index (χ0) is 34.4. The topological polar surface area (TPSA) is 51.4 Å². The number of aryl methyl sites for hydroxylation is 1. The molecule has 0 N–H and O–H groups in total. The average Bonchev–Trinajstić information content (AvgIpc) is 3.83. The lowest BCUT2D eigenvalue weighted by Gasteiger charge is -2.31. The van der Waals surface area contributed by atoms with Gasteiger partial charge in [-0.25, -0.2) is 9.55 Å². The van der Waals surface area contributed by atoms with Crippen LogP contribution in [0.5, 0.6) is 0 Å². The van der Waals surface area contributed by atoms with E-state index in [4.69, 9.17) is 15.1 Å². The van der Waals surface area contributed by atoms with E-state index < -0.39 is 0 Å². The Morgan fingerprint density at radius 3 is 2.60 bits per heavy atom. The van der Waals surface area contributed by atoms with Crippen molar-refractivity contribution in [2.24, 2.45) is 0 Å². The summed E-state index contributed by atoms with van der Waals surface area (Å²) in [6.45, 7) is 13.8. The number of benzene rings is 2. The van der Waals surface area contributed by atoms with E-state index >= 15 is 0 Å². The van der Waals surface area contributed by atoms with Gasteiger partial charge >= 0.3 is 5.65 Å². The Morgan fingerprint density at radius 1 is 0.940 bits per heavy atom. The SMILES string of the molecule is CCCCc1cccc2sc3c4c(ccc3c12)C(C1CC(CC)(CC)[n+]2ccccc2-c2cc(C(C)(C)C)nn21)[n+]1c-4cnc2cccnc21. The monoisotopic (exact) mass is 678 g/mol. The lowest BCUT2D eigenvalue weighted by atomic mass is 9.81. The number of fused-ring (bicyclic) bond motifs is 12. The van der Waals surface area contributed by atoms with E-state index in [1.807, 2.05) is 23.6 Å². The van der Waals surface area contributed by atoms with Crippen LogP contribution in [0.2, 0.25) is 0 Å². The van der Waals surface area contributed by atoms with Crippen molar-refractivity contribution in [1.29, 1.82) is 0 Å². The van der Waals surface area contributed by atoms with E-state index in [0.717, 1.165) is 48.2 Å². The van der Waals surface area contributed by atoms with E-state index in [1.165, 1.54) is 61.1 Å². The number of pyridine rings is 2. The summed E-state index contributed by atoms with van der Waals surface area (Å²) in [4.78, 5) is 10.1. The summed E-state index contributed by atoms with van der Waals surface area (Å²) in [5.74, 6) is 0. The first kappa shape index (κ1) is 31.5. The summed E-state index contributed by atoms with van der Waals surface area (Å²) in [5.41, 5.74) is 10.5. The molecule has 252 valence electrons. The van der Waals surface area contributed by atoms with Crippen LogP contribution in [0.1, 0.15) is 103 Å². The van der Waals surface area contributed by atoms with Crippen LogP contribution in [0.3, 0.4) is 0 Å². The van der Waals surface area contributed by atoms with Gasteiger partial charge in [-0.3, -0.25) is 4.68 Å². The molecule has 2 aromatic carbocycles. The normalized spacial score (nSPS) is 17.9. The van der Waals surface area contributed by atoms with Crippen LogP contribution in [-0.4, -0.2) is 19.7 Å². The maximum Gasteiger partial charge on any atom is 0.349 e. The molecular formula is C43H46N6S+2. The molecule has 5 aromatic heterocycles. The van der Waals surface area contributed by atoms with Crippen molar-refractivity contribution < 1.29 is 9.13 Å². The molecule has 9 rings (SSSR count). The Labute approximate surface area is 298 Å². The molecule has 7 heterocycles. The highest BCUT2D eigenvalue weighted by Gasteiger charge is 2.52. The van der Waals surface area contributed by atoms with Crippen LogP contribution in [0, 0.1) is 0 Å². The fraction of sp³-hybridized carbons (Fsp3) is 0.372. The molecular weight excluding hydrogens is 633 g/mol. The number of aromatic nitrogens is 6. The van der Waals surface area contributed by atoms with Gasteiger partial charge in [-0.2, -0.15) is 9.67 Å². The number of nitrogens with zero attached hydrogens (tertiary/aromatic N) is 6. The minimum Gasteiger partial charge on any atom is -0.250 e. The van der Waals surface area contributed by atoms with Crippen molar-refractivity contribution in [2.75, 3.05) is 0 Å². The fourth-order valence-electron chi connectivity index (χ4n) is 9.00. The van der Waals surface area contributed by atoms with Gasteiger partial charge in [-0.05, 0) is 53.7 Å². The van der Waals surface area contributed by atoms with E-state index in [0.29, 0.717) is 0 Å². The molecule has 0 bridgehead atoms. The maximum absolute atomic E-state index is 5.56. The molecule has 2 aliphatic rings. The second kappa shape index (κ2) is 11.5. The molecule has 0 spiro atoms. The fourth-order valence-corrected chi connectivity index (χ4v) is 10.3. The molecule has 7 aromatic rings. The molecule has 0 amide bonds. The van der Waals surface area contributed by atoms with E-state index in [1.54, 1.807) is 0 Å². The zero-order valence-electron chi connectivity index (χ0n) is 30.1. The van der Waals surface area contributed by atoms with Crippen molar-refractivity contribution in [1.82, 2.24) is 19.7 Å². The third-order valence-electron chi connectivity index (χ3n) is 11.7. The van der Waals surface area contributed by atoms with Gasteiger partial charge in [0.1, 0.15) is 17.9 Å². The minimum atomic E-state index is -0.0918. The Hall–Kier alpha value is -4.49. The highest BCUT2D eigenvalue weighted by atomic mass is 32.1. The van der Waals surface area contributed by atoms with Crippen LogP contribution >= 0.6 is 11.3 Å². The predicted octanol–water partition coefficient (Wildman–Crippen LogP) is 9.81. The summed E-state index contributed by atoms with van der Waals surface area (Å²) in [5, 5.41) is 8.34. The van der Waals surface area contributed by atoms with E-state index in [9.17, 15) is 0 Å². The Kier molecular flexibility index (Phi) is 7.26. The van der Waals surface area contributed by atoms with Gasteiger partial charge in [-0.1, -0.05) is 72.2 Å². The van der Waals surface area contributed by atoms with Crippen LogP contribution in [0.15, 0.2) is 85.3 Å². The van der Waals surface area contributed by atoms with Gasteiger partial charge in [0, 0.05) is 68.1 Å². The minimum absolute atomic E-state index is 0.0200. The molecule has 2 unspecified atom stereocenters. The average molecular weight is 679 g/mol. The zero-order valence-corrected chi connectivity index (χ0v) is 30.9. The highest BCUT2D eigenvalue weighted by molar-refractivity contribution is 7.26. The van der Waals surface area contributed by atoms with Crippen molar-refractivity contribution in [3.63, 3.8) is 0 Å². The molecule has 0 fully saturated rings. The van der Waals surface area contributed by atoms with E-state index in [-0.39, 0.29) is 23.0 Å². The lowest BCUT2D eigenvalue weighted by molar-refractivity contribution is -0.759. The second-order valence-electron chi connectivity index (χ2n) is 15.5. The number of rotatable bonds is 6. The first-order valence-corrected chi connectivity index (χ1v) is 19.3. The molecule has 7 heteroatoms. The highest BCUT2D eigenvalue weighted by Crippen LogP contribution is 2.51. The van der Waals surface area contributed by atoms with Crippen molar-refractivity contribution in [3.8, 4) is 22.6 Å². The van der Waals surface area contributed by atoms with Gasteiger partial charge in [-0.15, -0.1) is 11.3 Å². The van der Waals surface area contributed by atoms with Gasteiger partial charge in [0.15, 0.2) is 29.0 Å². The second-order valence-corrected chi connectivity index (χ2v) is 16.5. The largest absolute Gasteiger partial charge is 0.349 e. The quantitative estimate of drug-likeness (QED) is 0.165. The van der Waals surface area contributed by atoms with Gasteiger partial charge in [0.25, 0.3) is 0 Å². The summed E-state index contributed by atoms with van der Waals surface area (Å²) in [6.07, 6.45) is 12.8. The summed E-state index contributed by atoms with van der Waals surface area (Å²) >= 11 is 1.94. The summed E-state index contributed by atoms with van der Waals surface area (Å²) in [6, 6.07) is 24.9. The lowest BCUT2D eigenvalue weighted by Crippen LogP contribution is -2.57. The van der Waals surface area contributed by atoms with E-state index in [2.05, 4.69) is 128 Å². The van der Waals surface area contributed by atoms with Crippen LogP contribution in [0.4, 0.5) is 0 Å². The number of thiophene rings is 1. The van der Waals surface area contributed by atoms with Crippen molar-refractivity contribution >= 4 is 42.7 Å². The van der Waals surface area contributed by atoms with Crippen molar-refractivity contribution in [3.05, 3.63) is 102 Å². The standard InChI is InChI=1S/C43H46N6S/c1-7-10-15-27-16-13-19-35-37(27)29-21-20-28-38(40(29)50-35)34-26-45-30-17-14-22-44-41(30)48(34)39(28)33-25-43(8-2,9-3)47-23-12-11-18-31(47)32-24-36(42(4,5)6)46-49(32)33/h11-14,16-24,26,33,39H,7-10,15,25H2,1-6H3/q+2. The third-order valence-corrected chi connectivity index (χ3v) is 12.9. The molecule has 2 atom stereocenters. The first-order chi connectivity index (χ1) is 24.3. The summed E-state index contributed by atoms with van der Waals surface area (Å²) < 4.78 is 10.2. The molecule has 2 aliphatic heterocycles. The van der Waals surface area contributed by atoms with Crippen LogP contribution < -0.4 is 9.13 Å². The molecule has 0 radical (unpaired) electrons. The van der Waals surface area contributed by atoms with Gasteiger partial charge in [0.2, 0.25) is 5.69 Å². The van der Waals surface area contributed by atoms with Gasteiger partial charge < -0.3 is 0 Å². The first-order valence-electron chi connectivity index (χ1n) is 18.5. The van der Waals surface area contributed by atoms with Crippen LogP contribution in [0.25, 0.3) is 54.0 Å². The Balaban J connectivity index is 1.37. The molecule has 6 nitrogen and oxygen atoms in total. The smallest absolute Gasteiger partial charge is 0.250 e. The molecule has 0 saturated carbocycles. The van der Waals surface area contributed by atoms with Gasteiger partial charge in [0.05, 0.1) is 11.9 Å². The Morgan fingerprint density at radius 2 is 1.80 bits per heavy atom.